The van der Waals surface area contributed by atoms with Crippen LogP contribution in [0.15, 0.2) is 18.2 Å². The number of benzene rings is 1. The van der Waals surface area contributed by atoms with Gasteiger partial charge in [-0.2, -0.15) is 0 Å². The maximum atomic E-state index is 13.7. The number of anilines is 1. The lowest BCUT2D eigenvalue weighted by Gasteiger charge is -2.13. The van der Waals surface area contributed by atoms with Crippen molar-refractivity contribution in [1.82, 2.24) is 4.90 Å². The molecule has 0 bridgehead atoms. The first kappa shape index (κ1) is 14.0. The molecule has 20 heavy (non-hydrogen) atoms. The van der Waals surface area contributed by atoms with Gasteiger partial charge >= 0.3 is 5.97 Å². The molecule has 1 aromatic carbocycles. The summed E-state index contributed by atoms with van der Waals surface area (Å²) in [6.07, 6.45) is 0.0409. The lowest BCUT2D eigenvalue weighted by atomic mass is 10.1. The fourth-order valence-electron chi connectivity index (χ4n) is 2.09. The molecule has 0 radical (unpaired) electrons. The minimum atomic E-state index is -1.33. The topological polar surface area (TPSA) is 86.7 Å². The Morgan fingerprint density at radius 2 is 2.15 bits per heavy atom. The number of nitrogens with zero attached hydrogens (tertiary/aromatic N) is 1. The molecule has 1 aliphatic heterocycles. The van der Waals surface area contributed by atoms with Crippen molar-refractivity contribution in [2.24, 2.45) is 5.92 Å². The van der Waals surface area contributed by atoms with Crippen LogP contribution in [-0.4, -0.2) is 41.4 Å². The van der Waals surface area contributed by atoms with Gasteiger partial charge in [-0.25, -0.2) is 9.18 Å². The van der Waals surface area contributed by atoms with Crippen LogP contribution >= 0.6 is 0 Å². The van der Waals surface area contributed by atoms with Crippen LogP contribution in [0.4, 0.5) is 10.1 Å². The normalized spacial score (nSPS) is 18.2. The Hall–Kier alpha value is -2.44. The molecule has 106 valence electrons. The van der Waals surface area contributed by atoms with Crippen LogP contribution in [0.3, 0.4) is 0 Å². The van der Waals surface area contributed by atoms with Gasteiger partial charge < -0.3 is 15.3 Å². The van der Waals surface area contributed by atoms with Crippen LogP contribution in [0, 0.1) is 11.7 Å². The first-order chi connectivity index (χ1) is 9.40. The number of carbonyl (C=O) groups is 3. The number of amides is 2. The van der Waals surface area contributed by atoms with E-state index in [-0.39, 0.29) is 30.1 Å². The summed E-state index contributed by atoms with van der Waals surface area (Å²) in [5.41, 5.74) is -0.692. The first-order valence-corrected chi connectivity index (χ1v) is 5.96. The molecule has 6 nitrogen and oxygen atoms in total. The monoisotopic (exact) mass is 280 g/mol. The zero-order chi connectivity index (χ0) is 14.9. The third-order valence-electron chi connectivity index (χ3n) is 3.20. The third-order valence-corrected chi connectivity index (χ3v) is 3.20. The quantitative estimate of drug-likeness (QED) is 0.862. The van der Waals surface area contributed by atoms with Crippen molar-refractivity contribution < 1.29 is 23.9 Å². The summed E-state index contributed by atoms with van der Waals surface area (Å²) in [7, 11) is 1.57. The van der Waals surface area contributed by atoms with E-state index in [1.807, 2.05) is 0 Å². The molecule has 0 aliphatic carbocycles. The average Bonchev–Trinajstić information content (AvgIpc) is 2.72. The molecule has 2 amide bonds. The van der Waals surface area contributed by atoms with Crippen LogP contribution in [0.1, 0.15) is 16.8 Å². The Morgan fingerprint density at radius 3 is 2.70 bits per heavy atom. The van der Waals surface area contributed by atoms with Crippen LogP contribution < -0.4 is 5.32 Å². The number of carbonyl (C=O) groups excluding carboxylic acids is 2. The van der Waals surface area contributed by atoms with Gasteiger partial charge in [-0.3, -0.25) is 9.59 Å². The number of carboxylic acids is 1. The number of hydrogen-bond donors (Lipinski definition) is 2. The Balaban J connectivity index is 2.20. The zero-order valence-electron chi connectivity index (χ0n) is 10.7. The standard InChI is InChI=1S/C13H13FN2O4/c1-16-6-7(5-10(16)17)12(18)15-11-8(13(19)20)3-2-4-9(11)14/h2-4,7H,5-6H2,1H3,(H,15,18)(H,19,20). The van der Waals surface area contributed by atoms with E-state index >= 15 is 0 Å². The second kappa shape index (κ2) is 5.28. The zero-order valence-corrected chi connectivity index (χ0v) is 10.7. The van der Waals surface area contributed by atoms with Crippen molar-refractivity contribution in [1.29, 1.82) is 0 Å². The fraction of sp³-hybridized carbons (Fsp3) is 0.308. The molecule has 1 atom stereocenters. The highest BCUT2D eigenvalue weighted by atomic mass is 19.1. The van der Waals surface area contributed by atoms with E-state index in [4.69, 9.17) is 5.11 Å². The number of aromatic carboxylic acids is 1. The van der Waals surface area contributed by atoms with E-state index in [0.717, 1.165) is 6.07 Å². The Morgan fingerprint density at radius 1 is 1.45 bits per heavy atom. The van der Waals surface area contributed by atoms with Crippen molar-refractivity contribution in [3.05, 3.63) is 29.6 Å². The Kier molecular flexibility index (Phi) is 3.69. The van der Waals surface area contributed by atoms with E-state index in [1.54, 1.807) is 7.05 Å². The summed E-state index contributed by atoms with van der Waals surface area (Å²) < 4.78 is 13.7. The summed E-state index contributed by atoms with van der Waals surface area (Å²) in [5, 5.41) is 11.2. The maximum Gasteiger partial charge on any atom is 0.337 e. The summed E-state index contributed by atoms with van der Waals surface area (Å²) in [6.45, 7) is 0.238. The number of carboxylic acid groups (broad SMARTS) is 1. The van der Waals surface area contributed by atoms with Crippen molar-refractivity contribution in [2.45, 2.75) is 6.42 Å². The SMILES string of the molecule is CN1CC(C(=O)Nc2c(F)cccc2C(=O)O)CC1=O. The molecule has 1 unspecified atom stereocenters. The molecule has 1 heterocycles. The van der Waals surface area contributed by atoms with Crippen LogP contribution in [-0.2, 0) is 9.59 Å². The highest BCUT2D eigenvalue weighted by molar-refractivity contribution is 6.02. The minimum absolute atomic E-state index is 0.0409. The number of hydrogen-bond acceptors (Lipinski definition) is 3. The van der Waals surface area contributed by atoms with Crippen molar-refractivity contribution >= 4 is 23.5 Å². The van der Waals surface area contributed by atoms with Gasteiger partial charge in [0.05, 0.1) is 17.2 Å². The van der Waals surface area contributed by atoms with Gasteiger partial charge in [0.15, 0.2) is 0 Å². The molecule has 2 rings (SSSR count). The fourth-order valence-corrected chi connectivity index (χ4v) is 2.09. The Bertz CT molecular complexity index is 588. The maximum absolute atomic E-state index is 13.7. The van der Waals surface area contributed by atoms with E-state index in [1.165, 1.54) is 17.0 Å². The molecule has 0 spiro atoms. The van der Waals surface area contributed by atoms with E-state index < -0.39 is 23.6 Å². The minimum Gasteiger partial charge on any atom is -0.478 e. The van der Waals surface area contributed by atoms with Gasteiger partial charge in [0, 0.05) is 20.0 Å². The molecule has 2 N–H and O–H groups in total. The highest BCUT2D eigenvalue weighted by Gasteiger charge is 2.33. The van der Waals surface area contributed by atoms with E-state index in [0.29, 0.717) is 0 Å². The molecule has 1 fully saturated rings. The van der Waals surface area contributed by atoms with E-state index in [2.05, 4.69) is 5.32 Å². The van der Waals surface area contributed by atoms with Gasteiger partial charge in [0.25, 0.3) is 0 Å². The molecule has 0 aromatic heterocycles. The lowest BCUT2D eigenvalue weighted by Crippen LogP contribution is -2.27. The van der Waals surface area contributed by atoms with Gasteiger partial charge in [0.2, 0.25) is 11.8 Å². The largest absolute Gasteiger partial charge is 0.478 e. The van der Waals surface area contributed by atoms with Gasteiger partial charge in [0.1, 0.15) is 5.82 Å². The number of likely N-dealkylation sites (tertiary alicyclic amines) is 1. The second-order valence-electron chi connectivity index (χ2n) is 4.63. The third kappa shape index (κ3) is 2.61. The van der Waals surface area contributed by atoms with Crippen molar-refractivity contribution in [3.63, 3.8) is 0 Å². The first-order valence-electron chi connectivity index (χ1n) is 5.96. The highest BCUT2D eigenvalue weighted by Crippen LogP contribution is 2.23. The second-order valence-corrected chi connectivity index (χ2v) is 4.63. The number of nitrogens with one attached hydrogen (secondary N) is 1. The molecule has 7 heteroatoms. The number of rotatable bonds is 3. The summed E-state index contributed by atoms with van der Waals surface area (Å²) in [6, 6.07) is 3.52. The van der Waals surface area contributed by atoms with Crippen molar-refractivity contribution in [2.75, 3.05) is 18.9 Å². The van der Waals surface area contributed by atoms with Crippen molar-refractivity contribution in [3.8, 4) is 0 Å². The summed E-state index contributed by atoms with van der Waals surface area (Å²) >= 11 is 0. The van der Waals surface area contributed by atoms with Gasteiger partial charge in [-0.15, -0.1) is 0 Å². The molecule has 1 aromatic rings. The van der Waals surface area contributed by atoms with Crippen LogP contribution in [0.2, 0.25) is 0 Å². The predicted molar refractivity (Wildman–Crippen MR) is 67.7 cm³/mol. The number of halogens is 1. The molecular weight excluding hydrogens is 267 g/mol. The summed E-state index contributed by atoms with van der Waals surface area (Å²) in [4.78, 5) is 35.8. The smallest absolute Gasteiger partial charge is 0.337 e. The number of para-hydroxylation sites is 1. The van der Waals surface area contributed by atoms with E-state index in [9.17, 15) is 18.8 Å². The predicted octanol–water partition coefficient (Wildman–Crippen LogP) is 0.941. The van der Waals surface area contributed by atoms with Crippen LogP contribution in [0.5, 0.6) is 0 Å². The van der Waals surface area contributed by atoms with Crippen LogP contribution in [0.25, 0.3) is 0 Å². The average molecular weight is 280 g/mol. The Labute approximate surface area is 114 Å². The lowest BCUT2D eigenvalue weighted by molar-refractivity contribution is -0.127. The molecular formula is C13H13FN2O4. The van der Waals surface area contributed by atoms with Gasteiger partial charge in [-0.05, 0) is 12.1 Å². The molecule has 1 saturated heterocycles. The molecule has 1 aliphatic rings. The summed E-state index contributed by atoms with van der Waals surface area (Å²) in [5.74, 6) is -3.49. The van der Waals surface area contributed by atoms with Gasteiger partial charge in [-0.1, -0.05) is 6.07 Å². The molecule has 0 saturated carbocycles.